The molecule has 0 atom stereocenters. The van der Waals surface area contributed by atoms with Crippen LogP contribution in [0.5, 0.6) is 11.5 Å². The molecular weight excluding hydrogens is 406 g/mol. The third kappa shape index (κ3) is 4.71. The van der Waals surface area contributed by atoms with E-state index in [9.17, 15) is 10.1 Å². The van der Waals surface area contributed by atoms with Crippen LogP contribution in [0.15, 0.2) is 47.6 Å². The van der Waals surface area contributed by atoms with Crippen LogP contribution in [0.25, 0.3) is 11.4 Å². The molecule has 1 N–H and O–H groups in total. The lowest BCUT2D eigenvalue weighted by molar-refractivity contribution is -0.386. The summed E-state index contributed by atoms with van der Waals surface area (Å²) < 4.78 is 12.7. The fraction of sp³-hybridized carbons (Fsp3) is 0.250. The molecule has 0 unspecified atom stereocenters. The van der Waals surface area contributed by atoms with Crippen molar-refractivity contribution in [3.63, 3.8) is 0 Å². The minimum absolute atomic E-state index is 0.109. The molecule has 0 spiro atoms. The van der Waals surface area contributed by atoms with Gasteiger partial charge in [-0.3, -0.25) is 10.1 Å². The fourth-order valence-corrected chi connectivity index (χ4v) is 2.91. The molecule has 3 rings (SSSR count). The summed E-state index contributed by atoms with van der Waals surface area (Å²) in [6, 6.07) is 12.4. The molecule has 10 heteroatoms. The Hall–Kier alpha value is -3.53. The summed E-state index contributed by atoms with van der Waals surface area (Å²) in [6.45, 7) is 2.38. The molecule has 0 aliphatic heterocycles. The maximum Gasteiger partial charge on any atom is 0.315 e. The molecule has 0 saturated carbocycles. The Kier molecular flexibility index (Phi) is 6.91. The molecule has 0 aliphatic rings. The van der Waals surface area contributed by atoms with Crippen molar-refractivity contribution in [2.45, 2.75) is 19.8 Å². The number of aromatic amines is 1. The van der Waals surface area contributed by atoms with Crippen LogP contribution in [0.1, 0.15) is 25.3 Å². The lowest BCUT2D eigenvalue weighted by Crippen LogP contribution is -2.04. The van der Waals surface area contributed by atoms with Crippen LogP contribution in [0.3, 0.4) is 0 Å². The molecule has 1 heterocycles. The van der Waals surface area contributed by atoms with Crippen LogP contribution in [0.4, 0.5) is 5.69 Å². The first-order valence-corrected chi connectivity index (χ1v) is 9.72. The first-order chi connectivity index (χ1) is 14.5. The lowest BCUT2D eigenvalue weighted by atomic mass is 10.2. The Morgan fingerprint density at radius 1 is 1.33 bits per heavy atom. The first kappa shape index (κ1) is 21.2. The van der Waals surface area contributed by atoms with Gasteiger partial charge in [0.05, 0.1) is 24.9 Å². The number of aromatic nitrogens is 3. The average molecular weight is 427 g/mol. The van der Waals surface area contributed by atoms with Crippen LogP contribution >= 0.6 is 12.2 Å². The fourth-order valence-electron chi connectivity index (χ4n) is 2.73. The molecule has 156 valence electrons. The molecule has 9 nitrogen and oxygen atoms in total. The second kappa shape index (κ2) is 9.79. The number of hydrogen-bond donors (Lipinski definition) is 1. The molecule has 0 bridgehead atoms. The highest BCUT2D eigenvalue weighted by Gasteiger charge is 2.22. The van der Waals surface area contributed by atoms with E-state index in [1.165, 1.54) is 24.1 Å². The Morgan fingerprint density at radius 2 is 2.10 bits per heavy atom. The topological polar surface area (TPSA) is 108 Å². The summed E-state index contributed by atoms with van der Waals surface area (Å²) in [6.07, 6.45) is 3.16. The molecule has 3 aromatic rings. The van der Waals surface area contributed by atoms with E-state index in [0.29, 0.717) is 22.8 Å². The van der Waals surface area contributed by atoms with Crippen LogP contribution in [-0.4, -0.2) is 39.7 Å². The van der Waals surface area contributed by atoms with E-state index in [-0.39, 0.29) is 17.2 Å². The Balaban J connectivity index is 1.99. The Bertz CT molecular complexity index is 1110. The Labute approximate surface area is 178 Å². The highest BCUT2D eigenvalue weighted by Crippen LogP contribution is 2.38. The molecule has 30 heavy (non-hydrogen) atoms. The van der Waals surface area contributed by atoms with Gasteiger partial charge < -0.3 is 9.47 Å². The van der Waals surface area contributed by atoms with Crippen molar-refractivity contribution >= 4 is 24.1 Å². The molecule has 0 aliphatic carbocycles. The van der Waals surface area contributed by atoms with Crippen LogP contribution < -0.4 is 9.47 Å². The van der Waals surface area contributed by atoms with Crippen molar-refractivity contribution in [1.29, 1.82) is 0 Å². The summed E-state index contributed by atoms with van der Waals surface area (Å²) in [5.74, 6) is 0.900. The highest BCUT2D eigenvalue weighted by atomic mass is 32.1. The minimum atomic E-state index is -0.500. The van der Waals surface area contributed by atoms with Gasteiger partial charge in [0.15, 0.2) is 11.6 Å². The summed E-state index contributed by atoms with van der Waals surface area (Å²) in [5, 5.41) is 22.9. The van der Waals surface area contributed by atoms with Crippen LogP contribution in [0.2, 0.25) is 0 Å². The SMILES string of the molecule is CCCCOc1c(OC)cc(/C=N\n2c(-c3ccccc3)n[nH]c2=S)cc1[N+](=O)[O-]. The van der Waals surface area contributed by atoms with E-state index in [1.807, 2.05) is 37.3 Å². The molecule has 2 aromatic carbocycles. The molecule has 0 saturated heterocycles. The zero-order chi connectivity index (χ0) is 21.5. The number of methoxy groups -OCH3 is 1. The molecule has 0 fully saturated rings. The number of benzene rings is 2. The number of nitro groups is 1. The van der Waals surface area contributed by atoms with Crippen molar-refractivity contribution in [3.8, 4) is 22.9 Å². The monoisotopic (exact) mass is 427 g/mol. The predicted molar refractivity (Wildman–Crippen MR) is 116 cm³/mol. The van der Waals surface area contributed by atoms with E-state index in [4.69, 9.17) is 21.7 Å². The second-order valence-corrected chi connectivity index (χ2v) is 6.69. The van der Waals surface area contributed by atoms with Crippen molar-refractivity contribution in [1.82, 2.24) is 14.9 Å². The van der Waals surface area contributed by atoms with E-state index in [1.54, 1.807) is 6.07 Å². The standard InChI is InChI=1S/C20H21N5O4S/c1-3-4-10-29-18-16(25(26)27)11-14(12-17(18)28-2)13-21-24-19(22-23-20(24)30)15-8-6-5-7-9-15/h5-9,11-13H,3-4,10H2,1-2H3,(H,23,30)/b21-13-. The van der Waals surface area contributed by atoms with E-state index in [2.05, 4.69) is 15.3 Å². The second-order valence-electron chi connectivity index (χ2n) is 6.31. The first-order valence-electron chi connectivity index (χ1n) is 9.31. The molecule has 0 radical (unpaired) electrons. The highest BCUT2D eigenvalue weighted by molar-refractivity contribution is 7.71. The maximum atomic E-state index is 11.6. The molecule has 0 amide bonds. The smallest absolute Gasteiger partial charge is 0.315 e. The zero-order valence-corrected chi connectivity index (χ0v) is 17.4. The predicted octanol–water partition coefficient (Wildman–Crippen LogP) is 4.59. The number of nitro benzene ring substituents is 1. The van der Waals surface area contributed by atoms with Crippen molar-refractivity contribution < 1.29 is 14.4 Å². The van der Waals surface area contributed by atoms with Crippen molar-refractivity contribution in [2.24, 2.45) is 5.10 Å². The van der Waals surface area contributed by atoms with Gasteiger partial charge in [-0.15, -0.1) is 0 Å². The number of H-pyrrole nitrogens is 1. The van der Waals surface area contributed by atoms with Gasteiger partial charge >= 0.3 is 5.69 Å². The summed E-state index contributed by atoms with van der Waals surface area (Å²) in [7, 11) is 1.44. The summed E-state index contributed by atoms with van der Waals surface area (Å²) in [5.41, 5.74) is 1.10. The van der Waals surface area contributed by atoms with Gasteiger partial charge in [0.2, 0.25) is 10.5 Å². The maximum absolute atomic E-state index is 11.6. The van der Waals surface area contributed by atoms with E-state index < -0.39 is 4.92 Å². The zero-order valence-electron chi connectivity index (χ0n) is 16.6. The Morgan fingerprint density at radius 3 is 2.77 bits per heavy atom. The summed E-state index contributed by atoms with van der Waals surface area (Å²) in [4.78, 5) is 11.1. The number of hydrogen-bond acceptors (Lipinski definition) is 7. The third-order valence-electron chi connectivity index (χ3n) is 4.22. The normalized spacial score (nSPS) is 11.0. The lowest BCUT2D eigenvalue weighted by Gasteiger charge is -2.11. The van der Waals surface area contributed by atoms with E-state index >= 15 is 0 Å². The minimum Gasteiger partial charge on any atom is -0.493 e. The number of nitrogens with one attached hydrogen (secondary N) is 1. The number of ether oxygens (including phenoxy) is 2. The van der Waals surface area contributed by atoms with Gasteiger partial charge in [0, 0.05) is 17.2 Å². The average Bonchev–Trinajstić information content (AvgIpc) is 3.13. The number of unbranched alkanes of at least 4 members (excludes halogenated alkanes) is 1. The van der Waals surface area contributed by atoms with Crippen LogP contribution in [0, 0.1) is 14.9 Å². The summed E-state index contributed by atoms with van der Waals surface area (Å²) >= 11 is 5.26. The third-order valence-corrected chi connectivity index (χ3v) is 4.49. The van der Waals surface area contributed by atoms with Gasteiger partial charge in [-0.1, -0.05) is 43.7 Å². The van der Waals surface area contributed by atoms with Gasteiger partial charge in [0.1, 0.15) is 0 Å². The van der Waals surface area contributed by atoms with Crippen LogP contribution in [-0.2, 0) is 0 Å². The molecular formula is C20H21N5O4S. The van der Waals surface area contributed by atoms with Gasteiger partial charge in [-0.2, -0.15) is 14.9 Å². The number of nitrogens with zero attached hydrogens (tertiary/aromatic N) is 4. The van der Waals surface area contributed by atoms with Gasteiger partial charge in [-0.05, 0) is 24.7 Å². The molecule has 1 aromatic heterocycles. The van der Waals surface area contributed by atoms with Gasteiger partial charge in [0.25, 0.3) is 0 Å². The van der Waals surface area contributed by atoms with Crippen molar-refractivity contribution in [2.75, 3.05) is 13.7 Å². The largest absolute Gasteiger partial charge is 0.493 e. The van der Waals surface area contributed by atoms with Gasteiger partial charge in [-0.25, -0.2) is 5.10 Å². The quantitative estimate of drug-likeness (QED) is 0.176. The number of rotatable bonds is 9. The van der Waals surface area contributed by atoms with E-state index in [0.717, 1.165) is 18.4 Å². The van der Waals surface area contributed by atoms with Crippen molar-refractivity contribution in [3.05, 3.63) is 62.9 Å².